The molecule has 20 heavy (non-hydrogen) atoms. The van der Waals surface area contributed by atoms with Gasteiger partial charge in [-0.25, -0.2) is 4.79 Å². The maximum Gasteiger partial charge on any atom is 0.318 e. The molecule has 0 saturated carbocycles. The van der Waals surface area contributed by atoms with Crippen LogP contribution >= 0.6 is 0 Å². The SMILES string of the molecule is CNC(=O)Nc1ccc(NC2CCN3CCCC23)cc1. The molecule has 0 bridgehead atoms. The van der Waals surface area contributed by atoms with E-state index in [0.717, 1.165) is 11.4 Å². The lowest BCUT2D eigenvalue weighted by atomic mass is 10.1. The van der Waals surface area contributed by atoms with E-state index in [1.807, 2.05) is 24.3 Å². The fourth-order valence-electron chi connectivity index (χ4n) is 3.31. The van der Waals surface area contributed by atoms with Gasteiger partial charge >= 0.3 is 6.03 Å². The molecule has 1 aromatic carbocycles. The number of hydrogen-bond donors (Lipinski definition) is 3. The third-order valence-corrected chi connectivity index (χ3v) is 4.33. The molecule has 2 atom stereocenters. The molecule has 2 heterocycles. The molecule has 0 spiro atoms. The van der Waals surface area contributed by atoms with Gasteiger partial charge in [0.15, 0.2) is 0 Å². The second-order valence-corrected chi connectivity index (χ2v) is 5.57. The molecule has 3 N–H and O–H groups in total. The zero-order chi connectivity index (χ0) is 13.9. The molecule has 108 valence electrons. The number of carbonyl (C=O) groups is 1. The van der Waals surface area contributed by atoms with Crippen molar-refractivity contribution in [3.63, 3.8) is 0 Å². The highest BCUT2D eigenvalue weighted by atomic mass is 16.2. The topological polar surface area (TPSA) is 56.4 Å². The van der Waals surface area contributed by atoms with Gasteiger partial charge in [0.2, 0.25) is 0 Å². The summed E-state index contributed by atoms with van der Waals surface area (Å²) in [5.74, 6) is 0. The first-order chi connectivity index (χ1) is 9.76. The molecule has 0 radical (unpaired) electrons. The van der Waals surface area contributed by atoms with Crippen LogP contribution in [0.3, 0.4) is 0 Å². The van der Waals surface area contributed by atoms with Crippen molar-refractivity contribution in [2.45, 2.75) is 31.3 Å². The monoisotopic (exact) mass is 274 g/mol. The van der Waals surface area contributed by atoms with E-state index in [4.69, 9.17) is 0 Å². The zero-order valence-electron chi connectivity index (χ0n) is 11.9. The number of nitrogens with zero attached hydrogens (tertiary/aromatic N) is 1. The summed E-state index contributed by atoms with van der Waals surface area (Å²) in [6.45, 7) is 2.48. The number of hydrogen-bond acceptors (Lipinski definition) is 3. The highest BCUT2D eigenvalue weighted by Crippen LogP contribution is 2.30. The van der Waals surface area contributed by atoms with Crippen molar-refractivity contribution in [3.8, 4) is 0 Å². The fourth-order valence-corrected chi connectivity index (χ4v) is 3.31. The van der Waals surface area contributed by atoms with Crippen molar-refractivity contribution in [1.29, 1.82) is 0 Å². The molecule has 5 heteroatoms. The summed E-state index contributed by atoms with van der Waals surface area (Å²) in [6, 6.07) is 9.00. The predicted molar refractivity (Wildman–Crippen MR) is 81.1 cm³/mol. The van der Waals surface area contributed by atoms with Crippen LogP contribution in [0, 0.1) is 0 Å². The van der Waals surface area contributed by atoms with Crippen molar-refractivity contribution >= 4 is 17.4 Å². The minimum atomic E-state index is -0.192. The third-order valence-electron chi connectivity index (χ3n) is 4.33. The van der Waals surface area contributed by atoms with E-state index in [0.29, 0.717) is 12.1 Å². The molecule has 2 aliphatic rings. The van der Waals surface area contributed by atoms with Gasteiger partial charge in [-0.2, -0.15) is 0 Å². The lowest BCUT2D eigenvalue weighted by molar-refractivity contribution is 0.254. The Bertz CT molecular complexity index is 473. The summed E-state index contributed by atoms with van der Waals surface area (Å²) in [6.07, 6.45) is 3.87. The van der Waals surface area contributed by atoms with Gasteiger partial charge in [-0.15, -0.1) is 0 Å². The first kappa shape index (κ1) is 13.2. The number of urea groups is 1. The Morgan fingerprint density at radius 2 is 1.90 bits per heavy atom. The van der Waals surface area contributed by atoms with Crippen LogP contribution < -0.4 is 16.0 Å². The van der Waals surface area contributed by atoms with Gasteiger partial charge in [0.05, 0.1) is 0 Å². The number of nitrogens with one attached hydrogen (secondary N) is 3. The lowest BCUT2D eigenvalue weighted by Gasteiger charge is -2.22. The maximum absolute atomic E-state index is 11.2. The minimum Gasteiger partial charge on any atom is -0.381 e. The quantitative estimate of drug-likeness (QED) is 0.791. The molecular formula is C15H22N4O. The number of amides is 2. The number of anilines is 2. The summed E-state index contributed by atoms with van der Waals surface area (Å²) in [4.78, 5) is 13.8. The summed E-state index contributed by atoms with van der Waals surface area (Å²) in [5, 5.41) is 8.94. The van der Waals surface area contributed by atoms with Gasteiger partial charge in [0.25, 0.3) is 0 Å². The van der Waals surface area contributed by atoms with Crippen LogP contribution in [0.1, 0.15) is 19.3 Å². The van der Waals surface area contributed by atoms with E-state index >= 15 is 0 Å². The van der Waals surface area contributed by atoms with Crippen molar-refractivity contribution < 1.29 is 4.79 Å². The van der Waals surface area contributed by atoms with Gasteiger partial charge in [-0.1, -0.05) is 0 Å². The number of carbonyl (C=O) groups excluding carboxylic acids is 1. The fraction of sp³-hybridized carbons (Fsp3) is 0.533. The highest BCUT2D eigenvalue weighted by molar-refractivity contribution is 5.89. The average molecular weight is 274 g/mol. The minimum absolute atomic E-state index is 0.192. The molecule has 2 amide bonds. The van der Waals surface area contributed by atoms with E-state index in [2.05, 4.69) is 20.9 Å². The third kappa shape index (κ3) is 2.72. The summed E-state index contributed by atoms with van der Waals surface area (Å²) < 4.78 is 0. The number of fused-ring (bicyclic) bond motifs is 1. The smallest absolute Gasteiger partial charge is 0.318 e. The first-order valence-electron chi connectivity index (χ1n) is 7.35. The Morgan fingerprint density at radius 1 is 1.15 bits per heavy atom. The Morgan fingerprint density at radius 3 is 2.65 bits per heavy atom. The van der Waals surface area contributed by atoms with Gasteiger partial charge < -0.3 is 16.0 Å². The van der Waals surface area contributed by atoms with Crippen LogP contribution in [0.5, 0.6) is 0 Å². The van der Waals surface area contributed by atoms with Crippen LogP contribution in [-0.4, -0.2) is 43.2 Å². The van der Waals surface area contributed by atoms with E-state index in [1.165, 1.54) is 32.4 Å². The van der Waals surface area contributed by atoms with Crippen molar-refractivity contribution in [3.05, 3.63) is 24.3 Å². The van der Waals surface area contributed by atoms with E-state index in [1.54, 1.807) is 7.05 Å². The Hall–Kier alpha value is -1.75. The van der Waals surface area contributed by atoms with E-state index in [-0.39, 0.29) is 6.03 Å². The summed E-state index contributed by atoms with van der Waals surface area (Å²) in [5.41, 5.74) is 1.94. The molecular weight excluding hydrogens is 252 g/mol. The van der Waals surface area contributed by atoms with Gasteiger partial charge in [0.1, 0.15) is 0 Å². The Labute approximate surface area is 119 Å². The van der Waals surface area contributed by atoms with Crippen LogP contribution in [0.25, 0.3) is 0 Å². The van der Waals surface area contributed by atoms with Crippen molar-refractivity contribution in [1.82, 2.24) is 10.2 Å². The molecule has 2 saturated heterocycles. The molecule has 0 aliphatic carbocycles. The van der Waals surface area contributed by atoms with Crippen LogP contribution in [0.15, 0.2) is 24.3 Å². The van der Waals surface area contributed by atoms with Crippen molar-refractivity contribution in [2.75, 3.05) is 30.8 Å². The summed E-state index contributed by atoms with van der Waals surface area (Å²) >= 11 is 0. The van der Waals surface area contributed by atoms with Crippen LogP contribution in [-0.2, 0) is 0 Å². The zero-order valence-corrected chi connectivity index (χ0v) is 11.9. The van der Waals surface area contributed by atoms with Gasteiger partial charge in [-0.05, 0) is 50.1 Å². The molecule has 2 fully saturated rings. The number of rotatable bonds is 3. The van der Waals surface area contributed by atoms with Crippen LogP contribution in [0.4, 0.5) is 16.2 Å². The van der Waals surface area contributed by atoms with Gasteiger partial charge in [0, 0.05) is 37.1 Å². The highest BCUT2D eigenvalue weighted by Gasteiger charge is 2.36. The van der Waals surface area contributed by atoms with Crippen molar-refractivity contribution in [2.24, 2.45) is 0 Å². The predicted octanol–water partition coefficient (Wildman–Crippen LogP) is 2.09. The first-order valence-corrected chi connectivity index (χ1v) is 7.35. The van der Waals surface area contributed by atoms with E-state index < -0.39 is 0 Å². The van der Waals surface area contributed by atoms with Crippen LogP contribution in [0.2, 0.25) is 0 Å². The largest absolute Gasteiger partial charge is 0.381 e. The maximum atomic E-state index is 11.2. The molecule has 0 aromatic heterocycles. The average Bonchev–Trinajstić information content (AvgIpc) is 3.06. The second kappa shape index (κ2) is 5.71. The second-order valence-electron chi connectivity index (χ2n) is 5.57. The normalized spacial score (nSPS) is 25.2. The van der Waals surface area contributed by atoms with Gasteiger partial charge in [-0.3, -0.25) is 4.90 Å². The standard InChI is InChI=1S/C15H22N4O/c1-16-15(20)18-12-6-4-11(5-7-12)17-13-8-10-19-9-2-3-14(13)19/h4-7,13-14,17H,2-3,8-10H2,1H3,(H2,16,18,20). The molecule has 1 aromatic rings. The molecule has 2 unspecified atom stereocenters. The summed E-state index contributed by atoms with van der Waals surface area (Å²) in [7, 11) is 1.61. The Balaban J connectivity index is 1.59. The lowest BCUT2D eigenvalue weighted by Crippen LogP contribution is -2.33. The number of benzene rings is 1. The Kier molecular flexibility index (Phi) is 3.78. The molecule has 5 nitrogen and oxygen atoms in total. The van der Waals surface area contributed by atoms with E-state index in [9.17, 15) is 4.79 Å². The molecule has 2 aliphatic heterocycles. The molecule has 3 rings (SSSR count).